The fourth-order valence-corrected chi connectivity index (χ4v) is 2.15. The molecule has 2 heterocycles. The van der Waals surface area contributed by atoms with Crippen molar-refractivity contribution in [2.45, 2.75) is 12.5 Å². The molecule has 3 nitrogen and oxygen atoms in total. The van der Waals surface area contributed by atoms with E-state index in [1.807, 2.05) is 0 Å². The number of nitrogens with zero attached hydrogens (tertiary/aromatic N) is 1. The minimum Gasteiger partial charge on any atom is -0.370 e. The second-order valence-corrected chi connectivity index (χ2v) is 4.12. The van der Waals surface area contributed by atoms with Crippen LogP contribution in [-0.2, 0) is 11.2 Å². The van der Waals surface area contributed by atoms with Crippen LogP contribution in [0.15, 0.2) is 23.2 Å². The van der Waals surface area contributed by atoms with Gasteiger partial charge >= 0.3 is 0 Å². The first-order chi connectivity index (χ1) is 7.83. The first kappa shape index (κ1) is 9.93. The molecule has 1 atom stereocenters. The minimum absolute atomic E-state index is 0.0456. The molecule has 84 valence electrons. The molecule has 0 radical (unpaired) electrons. The van der Waals surface area contributed by atoms with E-state index in [1.165, 1.54) is 12.1 Å². The number of fused-ring (bicyclic) bond motifs is 1. The Labute approximate surface area is 93.3 Å². The van der Waals surface area contributed by atoms with Crippen LogP contribution >= 0.6 is 0 Å². The van der Waals surface area contributed by atoms with E-state index < -0.39 is 0 Å². The SMILES string of the molecule is Fc1ccc2c(c1)N=C(C1CNCCO1)C2. The van der Waals surface area contributed by atoms with Gasteiger partial charge in [-0.2, -0.15) is 0 Å². The summed E-state index contributed by atoms with van der Waals surface area (Å²) in [5.74, 6) is -0.230. The van der Waals surface area contributed by atoms with Gasteiger partial charge in [0.15, 0.2) is 0 Å². The van der Waals surface area contributed by atoms with Crippen molar-refractivity contribution in [3.63, 3.8) is 0 Å². The van der Waals surface area contributed by atoms with Gasteiger partial charge in [0, 0.05) is 19.5 Å². The van der Waals surface area contributed by atoms with E-state index in [9.17, 15) is 4.39 Å². The average molecular weight is 220 g/mol. The van der Waals surface area contributed by atoms with Gasteiger partial charge in [-0.25, -0.2) is 4.39 Å². The van der Waals surface area contributed by atoms with Gasteiger partial charge < -0.3 is 10.1 Å². The summed E-state index contributed by atoms with van der Waals surface area (Å²) in [6.45, 7) is 2.41. The van der Waals surface area contributed by atoms with E-state index >= 15 is 0 Å². The average Bonchev–Trinajstić information content (AvgIpc) is 2.73. The van der Waals surface area contributed by atoms with Crippen LogP contribution in [-0.4, -0.2) is 31.5 Å². The molecule has 1 aromatic rings. The number of nitrogens with one attached hydrogen (secondary N) is 1. The lowest BCUT2D eigenvalue weighted by Gasteiger charge is -2.23. The molecular weight excluding hydrogens is 207 g/mol. The fraction of sp³-hybridized carbons (Fsp3) is 0.417. The van der Waals surface area contributed by atoms with E-state index in [2.05, 4.69) is 10.3 Å². The van der Waals surface area contributed by atoms with Crippen molar-refractivity contribution in [3.05, 3.63) is 29.6 Å². The Kier molecular flexibility index (Phi) is 2.46. The summed E-state index contributed by atoms with van der Waals surface area (Å²) < 4.78 is 18.7. The molecule has 0 aliphatic carbocycles. The van der Waals surface area contributed by atoms with Crippen LogP contribution in [0.1, 0.15) is 5.56 Å². The quantitative estimate of drug-likeness (QED) is 0.777. The monoisotopic (exact) mass is 220 g/mol. The third-order valence-electron chi connectivity index (χ3n) is 2.98. The van der Waals surface area contributed by atoms with Crippen LogP contribution < -0.4 is 5.32 Å². The third-order valence-corrected chi connectivity index (χ3v) is 2.98. The molecule has 0 aromatic heterocycles. The highest BCUT2D eigenvalue weighted by Gasteiger charge is 2.24. The molecule has 0 bridgehead atoms. The fourth-order valence-electron chi connectivity index (χ4n) is 2.15. The first-order valence-electron chi connectivity index (χ1n) is 5.51. The van der Waals surface area contributed by atoms with Crippen LogP contribution in [0.5, 0.6) is 0 Å². The van der Waals surface area contributed by atoms with E-state index in [1.54, 1.807) is 6.07 Å². The molecule has 3 rings (SSSR count). The number of halogens is 1. The predicted octanol–water partition coefficient (Wildman–Crippen LogP) is 1.44. The number of aliphatic imine (C=N–C) groups is 1. The molecule has 1 fully saturated rings. The standard InChI is InChI=1S/C12H13FN2O/c13-9-2-1-8-5-11(15-10(8)6-9)12-7-14-3-4-16-12/h1-2,6,12,14H,3-5,7H2. The first-order valence-corrected chi connectivity index (χ1v) is 5.51. The Morgan fingerprint density at radius 3 is 3.19 bits per heavy atom. The van der Waals surface area contributed by atoms with Crippen molar-refractivity contribution in [1.29, 1.82) is 0 Å². The smallest absolute Gasteiger partial charge is 0.125 e. The van der Waals surface area contributed by atoms with Crippen molar-refractivity contribution in [2.24, 2.45) is 4.99 Å². The van der Waals surface area contributed by atoms with Gasteiger partial charge in [0.1, 0.15) is 11.9 Å². The molecule has 2 aliphatic heterocycles. The van der Waals surface area contributed by atoms with Crippen molar-refractivity contribution >= 4 is 11.4 Å². The second-order valence-electron chi connectivity index (χ2n) is 4.12. The van der Waals surface area contributed by atoms with Gasteiger partial charge in [-0.15, -0.1) is 0 Å². The molecular formula is C12H13FN2O. The molecule has 1 aromatic carbocycles. The summed E-state index contributed by atoms with van der Waals surface area (Å²) in [6.07, 6.45) is 0.825. The summed E-state index contributed by atoms with van der Waals surface area (Å²) in [5.41, 5.74) is 2.85. The van der Waals surface area contributed by atoms with Crippen LogP contribution in [0, 0.1) is 5.82 Å². The highest BCUT2D eigenvalue weighted by Crippen LogP contribution is 2.28. The maximum atomic E-state index is 13.0. The lowest BCUT2D eigenvalue weighted by atomic mass is 10.1. The maximum absolute atomic E-state index is 13.0. The largest absolute Gasteiger partial charge is 0.370 e. The Morgan fingerprint density at radius 1 is 1.44 bits per heavy atom. The lowest BCUT2D eigenvalue weighted by Crippen LogP contribution is -2.43. The molecule has 2 aliphatic rings. The second kappa shape index (κ2) is 3.96. The summed E-state index contributed by atoms with van der Waals surface area (Å²) in [6, 6.07) is 4.77. The van der Waals surface area contributed by atoms with Gasteiger partial charge in [0.25, 0.3) is 0 Å². The van der Waals surface area contributed by atoms with E-state index in [-0.39, 0.29) is 11.9 Å². The molecule has 0 spiro atoms. The molecule has 1 N–H and O–H groups in total. The Morgan fingerprint density at radius 2 is 2.38 bits per heavy atom. The van der Waals surface area contributed by atoms with Crippen LogP contribution in [0.4, 0.5) is 10.1 Å². The van der Waals surface area contributed by atoms with Crippen molar-refractivity contribution < 1.29 is 9.13 Å². The summed E-state index contributed by atoms with van der Waals surface area (Å²) >= 11 is 0. The number of morpholine rings is 1. The zero-order valence-electron chi connectivity index (χ0n) is 8.87. The van der Waals surface area contributed by atoms with E-state index in [0.29, 0.717) is 6.61 Å². The molecule has 4 heteroatoms. The molecule has 1 unspecified atom stereocenters. The van der Waals surface area contributed by atoms with E-state index in [4.69, 9.17) is 4.74 Å². The molecule has 0 amide bonds. The highest BCUT2D eigenvalue weighted by atomic mass is 19.1. The van der Waals surface area contributed by atoms with Gasteiger partial charge in [-0.3, -0.25) is 4.99 Å². The Hall–Kier alpha value is -1.26. The van der Waals surface area contributed by atoms with Crippen molar-refractivity contribution in [3.8, 4) is 0 Å². The van der Waals surface area contributed by atoms with Gasteiger partial charge in [-0.1, -0.05) is 6.07 Å². The number of ether oxygens (including phenoxy) is 1. The number of hydrogen-bond acceptors (Lipinski definition) is 3. The lowest BCUT2D eigenvalue weighted by molar-refractivity contribution is 0.0704. The van der Waals surface area contributed by atoms with Crippen molar-refractivity contribution in [1.82, 2.24) is 5.32 Å². The zero-order chi connectivity index (χ0) is 11.0. The van der Waals surface area contributed by atoms with Crippen molar-refractivity contribution in [2.75, 3.05) is 19.7 Å². The zero-order valence-corrected chi connectivity index (χ0v) is 8.87. The van der Waals surface area contributed by atoms with Crippen LogP contribution in [0.2, 0.25) is 0 Å². The predicted molar refractivity (Wildman–Crippen MR) is 59.8 cm³/mol. The minimum atomic E-state index is -0.230. The maximum Gasteiger partial charge on any atom is 0.125 e. The molecule has 16 heavy (non-hydrogen) atoms. The normalized spacial score (nSPS) is 24.1. The molecule has 0 saturated carbocycles. The highest BCUT2D eigenvalue weighted by molar-refractivity contribution is 5.97. The Bertz CT molecular complexity index is 439. The number of hydrogen-bond donors (Lipinski definition) is 1. The summed E-state index contributed by atoms with van der Waals surface area (Å²) in [5, 5.41) is 3.27. The number of benzene rings is 1. The van der Waals surface area contributed by atoms with Crippen LogP contribution in [0.25, 0.3) is 0 Å². The van der Waals surface area contributed by atoms with Crippen LogP contribution in [0.3, 0.4) is 0 Å². The van der Waals surface area contributed by atoms with Gasteiger partial charge in [-0.05, 0) is 17.7 Å². The Balaban J connectivity index is 1.83. The number of rotatable bonds is 1. The summed E-state index contributed by atoms with van der Waals surface area (Å²) in [7, 11) is 0. The van der Waals surface area contributed by atoms with E-state index in [0.717, 1.165) is 36.5 Å². The third kappa shape index (κ3) is 1.74. The summed E-state index contributed by atoms with van der Waals surface area (Å²) in [4.78, 5) is 4.45. The van der Waals surface area contributed by atoms with Gasteiger partial charge in [0.05, 0.1) is 18.0 Å². The topological polar surface area (TPSA) is 33.6 Å². The molecule has 1 saturated heterocycles. The van der Waals surface area contributed by atoms with Gasteiger partial charge in [0.2, 0.25) is 0 Å².